The van der Waals surface area contributed by atoms with Crippen LogP contribution in [0.3, 0.4) is 0 Å². The molecule has 0 rings (SSSR count). The van der Waals surface area contributed by atoms with Crippen LogP contribution in [0.4, 0.5) is 0 Å². The van der Waals surface area contributed by atoms with Crippen molar-refractivity contribution in [1.29, 1.82) is 0 Å². The third-order valence-electron chi connectivity index (χ3n) is 2.11. The predicted molar refractivity (Wildman–Crippen MR) is 63.7 cm³/mol. The summed E-state index contributed by atoms with van der Waals surface area (Å²) < 4.78 is 26.4. The van der Waals surface area contributed by atoms with Crippen LogP contribution < -0.4 is 10.5 Å². The second-order valence-electron chi connectivity index (χ2n) is 3.82. The van der Waals surface area contributed by atoms with Crippen molar-refractivity contribution in [2.45, 2.75) is 6.04 Å². The van der Waals surface area contributed by atoms with E-state index in [1.165, 1.54) is 7.05 Å². The maximum Gasteiger partial charge on any atom is 0.321 e. The van der Waals surface area contributed by atoms with Crippen LogP contribution in [-0.4, -0.2) is 75.5 Å². The fourth-order valence-corrected chi connectivity index (χ4v) is 1.98. The number of nitrogens with two attached hydrogens (primary N) is 1. The lowest BCUT2D eigenvalue weighted by Crippen LogP contribution is -2.50. The normalized spacial score (nSPS) is 14.2. The third-order valence-corrected chi connectivity index (χ3v) is 3.64. The molecule has 0 spiro atoms. The fraction of sp³-hybridized carbons (Fsp3) is 0.875. The smallest absolute Gasteiger partial charge is 0.321 e. The van der Waals surface area contributed by atoms with E-state index in [-0.39, 0.29) is 13.1 Å². The van der Waals surface area contributed by atoms with Crippen molar-refractivity contribution in [3.8, 4) is 0 Å². The number of hydrogen-bond acceptors (Lipinski definition) is 5. The van der Waals surface area contributed by atoms with E-state index in [1.54, 1.807) is 19.0 Å². The zero-order chi connectivity index (χ0) is 13.6. The van der Waals surface area contributed by atoms with Crippen LogP contribution in [0.2, 0.25) is 0 Å². The molecule has 0 saturated carbocycles. The first-order valence-electron chi connectivity index (χ1n) is 5.02. The highest BCUT2D eigenvalue weighted by molar-refractivity contribution is 7.87. The second kappa shape index (κ2) is 6.87. The molecule has 0 bridgehead atoms. The van der Waals surface area contributed by atoms with Gasteiger partial charge >= 0.3 is 5.97 Å². The van der Waals surface area contributed by atoms with E-state index in [0.717, 1.165) is 4.31 Å². The zero-order valence-corrected chi connectivity index (χ0v) is 11.1. The molecule has 0 aromatic heterocycles. The summed E-state index contributed by atoms with van der Waals surface area (Å²) in [6, 6.07) is -1.24. The van der Waals surface area contributed by atoms with Gasteiger partial charge in [0.1, 0.15) is 6.04 Å². The van der Waals surface area contributed by atoms with Gasteiger partial charge in [0.2, 0.25) is 0 Å². The van der Waals surface area contributed by atoms with E-state index in [9.17, 15) is 13.2 Å². The van der Waals surface area contributed by atoms with E-state index >= 15 is 0 Å². The number of carboxylic acids is 1. The Balaban J connectivity index is 4.69. The van der Waals surface area contributed by atoms with Crippen molar-refractivity contribution in [2.24, 2.45) is 5.73 Å². The Hall–Kier alpha value is -0.740. The van der Waals surface area contributed by atoms with Gasteiger partial charge in [-0.05, 0) is 14.1 Å². The lowest BCUT2D eigenvalue weighted by Gasteiger charge is -2.24. The summed E-state index contributed by atoms with van der Waals surface area (Å²) in [4.78, 5) is 12.4. The summed E-state index contributed by atoms with van der Waals surface area (Å²) in [7, 11) is 1.18. The van der Waals surface area contributed by atoms with E-state index in [1.807, 2.05) is 0 Å². The minimum atomic E-state index is -3.67. The number of carbonyl (C=O) groups is 1. The number of nitrogens with one attached hydrogen (secondary N) is 1. The van der Waals surface area contributed by atoms with Crippen molar-refractivity contribution < 1.29 is 18.3 Å². The summed E-state index contributed by atoms with van der Waals surface area (Å²) in [6.07, 6.45) is 0. The first kappa shape index (κ1) is 16.3. The molecule has 0 unspecified atom stereocenters. The topological polar surface area (TPSA) is 116 Å². The van der Waals surface area contributed by atoms with Gasteiger partial charge in [0, 0.05) is 26.7 Å². The van der Waals surface area contributed by atoms with Crippen molar-refractivity contribution in [1.82, 2.24) is 13.9 Å². The number of nitrogens with zero attached hydrogens (tertiary/aromatic N) is 2. The molecule has 9 heteroatoms. The summed E-state index contributed by atoms with van der Waals surface area (Å²) in [6.45, 7) is 0.400. The largest absolute Gasteiger partial charge is 0.480 e. The molecule has 0 heterocycles. The molecule has 0 aromatic carbocycles. The van der Waals surface area contributed by atoms with Gasteiger partial charge in [-0.15, -0.1) is 0 Å². The van der Waals surface area contributed by atoms with Crippen molar-refractivity contribution >= 4 is 16.2 Å². The quantitative estimate of drug-likeness (QED) is 0.457. The molecule has 4 N–H and O–H groups in total. The molecular weight excluding hydrogens is 248 g/mol. The van der Waals surface area contributed by atoms with Gasteiger partial charge in [-0.3, -0.25) is 4.79 Å². The minimum absolute atomic E-state index is 0.178. The van der Waals surface area contributed by atoms with Crippen molar-refractivity contribution in [3.63, 3.8) is 0 Å². The fourth-order valence-electron chi connectivity index (χ4n) is 1.05. The van der Waals surface area contributed by atoms with Gasteiger partial charge in [0.15, 0.2) is 0 Å². The molecular formula is C8H20N4O4S. The van der Waals surface area contributed by atoms with E-state index < -0.39 is 22.2 Å². The number of likely N-dealkylation sites (N-methyl/N-ethyl adjacent to an activating group) is 1. The molecule has 0 amide bonds. The first-order chi connectivity index (χ1) is 7.70. The zero-order valence-electron chi connectivity index (χ0n) is 10.3. The van der Waals surface area contributed by atoms with Gasteiger partial charge in [0.05, 0.1) is 0 Å². The number of aliphatic carboxylic acids is 1. The van der Waals surface area contributed by atoms with Gasteiger partial charge < -0.3 is 15.7 Å². The molecule has 0 aliphatic rings. The third kappa shape index (κ3) is 5.94. The highest BCUT2D eigenvalue weighted by atomic mass is 32.2. The SMILES string of the molecule is CNS(=O)(=O)N(CCN(C)C)C[C@H](N)C(=O)O. The van der Waals surface area contributed by atoms with Crippen LogP contribution in [0.15, 0.2) is 0 Å². The number of carboxylic acid groups (broad SMARTS) is 1. The number of hydrogen-bond donors (Lipinski definition) is 3. The van der Waals surface area contributed by atoms with Crippen LogP contribution in [0, 0.1) is 0 Å². The Kier molecular flexibility index (Phi) is 6.57. The molecule has 1 atom stereocenters. The van der Waals surface area contributed by atoms with E-state index in [2.05, 4.69) is 4.72 Å². The molecule has 0 aliphatic heterocycles. The Morgan fingerprint density at radius 2 is 1.94 bits per heavy atom. The molecule has 0 saturated heterocycles. The van der Waals surface area contributed by atoms with Gasteiger partial charge in [-0.2, -0.15) is 12.7 Å². The molecule has 102 valence electrons. The summed E-state index contributed by atoms with van der Waals surface area (Å²) in [5.74, 6) is -1.23. The Morgan fingerprint density at radius 3 is 2.29 bits per heavy atom. The Bertz CT molecular complexity index is 343. The molecule has 0 aromatic rings. The average molecular weight is 268 g/mol. The Morgan fingerprint density at radius 1 is 1.41 bits per heavy atom. The minimum Gasteiger partial charge on any atom is -0.480 e. The van der Waals surface area contributed by atoms with Crippen LogP contribution in [0.5, 0.6) is 0 Å². The number of rotatable bonds is 8. The second-order valence-corrected chi connectivity index (χ2v) is 5.69. The van der Waals surface area contributed by atoms with Gasteiger partial charge in [0.25, 0.3) is 10.2 Å². The summed E-state index contributed by atoms with van der Waals surface area (Å²) in [5, 5.41) is 8.67. The van der Waals surface area contributed by atoms with Crippen LogP contribution in [0.1, 0.15) is 0 Å². The average Bonchev–Trinajstić information content (AvgIpc) is 2.22. The molecule has 0 fully saturated rings. The highest BCUT2D eigenvalue weighted by Gasteiger charge is 2.25. The van der Waals surface area contributed by atoms with Gasteiger partial charge in [-0.25, -0.2) is 4.72 Å². The monoisotopic (exact) mass is 268 g/mol. The van der Waals surface area contributed by atoms with E-state index in [0.29, 0.717) is 6.54 Å². The van der Waals surface area contributed by atoms with Gasteiger partial charge in [-0.1, -0.05) is 0 Å². The molecule has 8 nitrogen and oxygen atoms in total. The van der Waals surface area contributed by atoms with Crippen LogP contribution >= 0.6 is 0 Å². The van der Waals surface area contributed by atoms with Crippen molar-refractivity contribution in [3.05, 3.63) is 0 Å². The van der Waals surface area contributed by atoms with Crippen LogP contribution in [-0.2, 0) is 15.0 Å². The summed E-state index contributed by atoms with van der Waals surface area (Å²) in [5.41, 5.74) is 5.33. The van der Waals surface area contributed by atoms with Crippen LogP contribution in [0.25, 0.3) is 0 Å². The first-order valence-corrected chi connectivity index (χ1v) is 6.46. The lowest BCUT2D eigenvalue weighted by molar-refractivity contribution is -0.138. The highest BCUT2D eigenvalue weighted by Crippen LogP contribution is 1.99. The van der Waals surface area contributed by atoms with E-state index in [4.69, 9.17) is 10.8 Å². The summed E-state index contributed by atoms with van der Waals surface area (Å²) >= 11 is 0. The van der Waals surface area contributed by atoms with Crippen molar-refractivity contribution in [2.75, 3.05) is 40.8 Å². The Labute approximate surface area is 102 Å². The molecule has 0 radical (unpaired) electrons. The lowest BCUT2D eigenvalue weighted by atomic mass is 10.3. The molecule has 17 heavy (non-hydrogen) atoms. The maximum atomic E-state index is 11.6. The maximum absolute atomic E-state index is 11.6. The predicted octanol–water partition coefficient (Wildman–Crippen LogP) is -2.27. The standard InChI is InChI=1S/C8H20N4O4S/c1-10-17(15,16)12(5-4-11(2)3)6-7(9)8(13)14/h7,10H,4-6,9H2,1-3H3,(H,13,14)/t7-/m0/s1. The molecule has 0 aliphatic carbocycles.